The normalized spacial score (nSPS) is 9.27. The monoisotopic (exact) mass is 296 g/mol. The highest BCUT2D eigenvalue weighted by atomic mass is 14.9. The first kappa shape index (κ1) is 17.4. The van der Waals surface area contributed by atoms with Crippen LogP contribution in [-0.4, -0.2) is 9.97 Å². The Labute approximate surface area is 132 Å². The van der Waals surface area contributed by atoms with Gasteiger partial charge in [0.2, 0.25) is 0 Å². The molecule has 0 aliphatic heterocycles. The average Bonchev–Trinajstić information content (AvgIpc) is 2.59. The van der Waals surface area contributed by atoms with Crippen molar-refractivity contribution in [3.8, 4) is 11.3 Å². The Balaban J connectivity index is 0.000000561. The molecule has 2 aromatic heterocycles. The standard InChI is InChI=1S/C14H12N4.2C2H6/c15-10-5-3-9(4-6-10)12-8-13-11(14(16)18-12)2-1-7-17-13;2*1-2/h1-8H,15H2,(H2,16,18);2*1-2H3. The van der Waals surface area contributed by atoms with E-state index in [1.165, 1.54) is 0 Å². The summed E-state index contributed by atoms with van der Waals surface area (Å²) in [5.74, 6) is 0.493. The number of nitrogen functional groups attached to an aromatic ring is 2. The van der Waals surface area contributed by atoms with Crippen LogP contribution in [0.5, 0.6) is 0 Å². The fraction of sp³-hybridized carbons (Fsp3) is 0.222. The molecule has 3 aromatic rings. The maximum Gasteiger partial charge on any atom is 0.133 e. The van der Waals surface area contributed by atoms with Crippen LogP contribution in [0, 0.1) is 0 Å². The lowest BCUT2D eigenvalue weighted by atomic mass is 10.1. The topological polar surface area (TPSA) is 77.8 Å². The van der Waals surface area contributed by atoms with E-state index in [0.717, 1.165) is 27.8 Å². The van der Waals surface area contributed by atoms with Crippen molar-refractivity contribution in [3.05, 3.63) is 48.7 Å². The quantitative estimate of drug-likeness (QED) is 0.647. The zero-order valence-electron chi connectivity index (χ0n) is 13.7. The van der Waals surface area contributed by atoms with Gasteiger partial charge >= 0.3 is 0 Å². The summed E-state index contributed by atoms with van der Waals surface area (Å²) in [7, 11) is 0. The highest BCUT2D eigenvalue weighted by Crippen LogP contribution is 2.25. The molecule has 116 valence electrons. The molecule has 4 heteroatoms. The van der Waals surface area contributed by atoms with E-state index >= 15 is 0 Å². The number of anilines is 2. The Hall–Kier alpha value is -2.62. The number of benzene rings is 1. The molecule has 0 aliphatic rings. The molecule has 0 unspecified atom stereocenters. The van der Waals surface area contributed by atoms with E-state index in [9.17, 15) is 0 Å². The van der Waals surface area contributed by atoms with Crippen LogP contribution in [0.3, 0.4) is 0 Å². The summed E-state index contributed by atoms with van der Waals surface area (Å²) in [6.07, 6.45) is 1.74. The summed E-state index contributed by atoms with van der Waals surface area (Å²) in [5.41, 5.74) is 15.0. The first-order valence-corrected chi connectivity index (χ1v) is 7.61. The van der Waals surface area contributed by atoms with Gasteiger partial charge in [0.05, 0.1) is 11.2 Å². The number of aromatic nitrogens is 2. The number of hydrogen-bond acceptors (Lipinski definition) is 4. The SMILES string of the molecule is CC.CC.Nc1ccc(-c2cc3ncccc3c(N)n2)cc1. The Morgan fingerprint density at radius 2 is 1.50 bits per heavy atom. The molecule has 0 bridgehead atoms. The van der Waals surface area contributed by atoms with Gasteiger partial charge in [-0.15, -0.1) is 0 Å². The van der Waals surface area contributed by atoms with Crippen LogP contribution >= 0.6 is 0 Å². The van der Waals surface area contributed by atoms with Gasteiger partial charge in [0.25, 0.3) is 0 Å². The zero-order chi connectivity index (χ0) is 16.5. The molecule has 22 heavy (non-hydrogen) atoms. The number of fused-ring (bicyclic) bond motifs is 1. The second kappa shape index (κ2) is 8.62. The second-order valence-electron chi connectivity index (χ2n) is 4.08. The third kappa shape index (κ3) is 3.95. The lowest BCUT2D eigenvalue weighted by Gasteiger charge is -2.06. The van der Waals surface area contributed by atoms with Gasteiger partial charge in [-0.05, 0) is 30.3 Å². The van der Waals surface area contributed by atoms with Crippen molar-refractivity contribution in [2.24, 2.45) is 0 Å². The predicted molar refractivity (Wildman–Crippen MR) is 96.5 cm³/mol. The van der Waals surface area contributed by atoms with E-state index in [2.05, 4.69) is 9.97 Å². The first-order chi connectivity index (χ1) is 10.7. The fourth-order valence-corrected chi connectivity index (χ4v) is 1.90. The summed E-state index contributed by atoms with van der Waals surface area (Å²) in [4.78, 5) is 8.70. The molecule has 3 rings (SSSR count). The molecule has 0 amide bonds. The van der Waals surface area contributed by atoms with Crippen LogP contribution in [0.15, 0.2) is 48.7 Å². The van der Waals surface area contributed by atoms with Crippen molar-refractivity contribution in [2.45, 2.75) is 27.7 Å². The lowest BCUT2D eigenvalue weighted by Crippen LogP contribution is -1.95. The van der Waals surface area contributed by atoms with Gasteiger partial charge in [0.1, 0.15) is 5.82 Å². The van der Waals surface area contributed by atoms with Crippen LogP contribution < -0.4 is 11.5 Å². The van der Waals surface area contributed by atoms with Crippen LogP contribution in [0.2, 0.25) is 0 Å². The van der Waals surface area contributed by atoms with Crippen molar-refractivity contribution >= 4 is 22.4 Å². The lowest BCUT2D eigenvalue weighted by molar-refractivity contribution is 1.33. The number of pyridine rings is 2. The van der Waals surface area contributed by atoms with Crippen molar-refractivity contribution < 1.29 is 0 Å². The summed E-state index contributed by atoms with van der Waals surface area (Å²) in [6.45, 7) is 8.00. The Kier molecular flexibility index (Phi) is 6.83. The van der Waals surface area contributed by atoms with Gasteiger partial charge in [-0.1, -0.05) is 39.8 Å². The zero-order valence-corrected chi connectivity index (χ0v) is 13.7. The molecule has 0 spiro atoms. The smallest absolute Gasteiger partial charge is 0.133 e. The van der Waals surface area contributed by atoms with Crippen molar-refractivity contribution in [2.75, 3.05) is 11.5 Å². The highest BCUT2D eigenvalue weighted by Gasteiger charge is 2.05. The molecular formula is C18H24N4. The molecule has 4 nitrogen and oxygen atoms in total. The van der Waals surface area contributed by atoms with Crippen LogP contribution in [0.4, 0.5) is 11.5 Å². The number of rotatable bonds is 1. The minimum absolute atomic E-state index is 0.493. The first-order valence-electron chi connectivity index (χ1n) is 7.61. The van der Waals surface area contributed by atoms with Gasteiger partial charge < -0.3 is 11.5 Å². The van der Waals surface area contributed by atoms with Crippen LogP contribution in [-0.2, 0) is 0 Å². The van der Waals surface area contributed by atoms with E-state index in [1.807, 2.05) is 70.2 Å². The van der Waals surface area contributed by atoms with Gasteiger partial charge in [-0.3, -0.25) is 4.98 Å². The molecule has 4 N–H and O–H groups in total. The predicted octanol–water partition coefficient (Wildman–Crippen LogP) is 4.51. The largest absolute Gasteiger partial charge is 0.399 e. The van der Waals surface area contributed by atoms with Gasteiger partial charge in [0, 0.05) is 22.8 Å². The van der Waals surface area contributed by atoms with E-state index in [-0.39, 0.29) is 0 Å². The van der Waals surface area contributed by atoms with Gasteiger partial charge in [-0.25, -0.2) is 4.98 Å². The third-order valence-corrected chi connectivity index (χ3v) is 2.84. The fourth-order valence-electron chi connectivity index (χ4n) is 1.90. The molecule has 1 aromatic carbocycles. The summed E-state index contributed by atoms with van der Waals surface area (Å²) in [6, 6.07) is 13.2. The number of nitrogens with zero attached hydrogens (tertiary/aromatic N) is 2. The molecule has 0 aliphatic carbocycles. The average molecular weight is 296 g/mol. The van der Waals surface area contributed by atoms with E-state index in [1.54, 1.807) is 6.20 Å². The highest BCUT2D eigenvalue weighted by molar-refractivity contribution is 5.90. The Morgan fingerprint density at radius 3 is 2.14 bits per heavy atom. The number of nitrogens with two attached hydrogens (primary N) is 2. The molecule has 0 fully saturated rings. The Morgan fingerprint density at radius 1 is 0.864 bits per heavy atom. The van der Waals surface area contributed by atoms with Gasteiger partial charge in [-0.2, -0.15) is 0 Å². The van der Waals surface area contributed by atoms with Crippen molar-refractivity contribution in [1.29, 1.82) is 0 Å². The van der Waals surface area contributed by atoms with E-state index < -0.39 is 0 Å². The molecule has 2 heterocycles. The summed E-state index contributed by atoms with van der Waals surface area (Å²) < 4.78 is 0. The van der Waals surface area contributed by atoms with Crippen LogP contribution in [0.1, 0.15) is 27.7 Å². The summed E-state index contributed by atoms with van der Waals surface area (Å²) >= 11 is 0. The summed E-state index contributed by atoms with van der Waals surface area (Å²) in [5, 5.41) is 0.872. The van der Waals surface area contributed by atoms with Crippen LogP contribution in [0.25, 0.3) is 22.2 Å². The molecule has 0 saturated heterocycles. The molecular weight excluding hydrogens is 272 g/mol. The van der Waals surface area contributed by atoms with Gasteiger partial charge in [0.15, 0.2) is 0 Å². The molecule has 0 saturated carbocycles. The molecule has 0 radical (unpaired) electrons. The minimum atomic E-state index is 0.493. The third-order valence-electron chi connectivity index (χ3n) is 2.84. The Bertz CT molecular complexity index is 706. The maximum atomic E-state index is 5.95. The van der Waals surface area contributed by atoms with E-state index in [4.69, 9.17) is 11.5 Å². The van der Waals surface area contributed by atoms with E-state index in [0.29, 0.717) is 5.82 Å². The van der Waals surface area contributed by atoms with Crippen molar-refractivity contribution in [1.82, 2.24) is 9.97 Å². The second-order valence-corrected chi connectivity index (χ2v) is 4.08. The number of hydrogen-bond donors (Lipinski definition) is 2. The molecule has 0 atom stereocenters. The minimum Gasteiger partial charge on any atom is -0.399 e. The van der Waals surface area contributed by atoms with Crippen molar-refractivity contribution in [3.63, 3.8) is 0 Å². The maximum absolute atomic E-state index is 5.95.